The van der Waals surface area contributed by atoms with E-state index in [-0.39, 0.29) is 11.9 Å². The molecule has 2 heterocycles. The molecule has 0 bridgehead atoms. The lowest BCUT2D eigenvalue weighted by atomic mass is 10.1. The molecule has 0 saturated heterocycles. The second-order valence-corrected chi connectivity index (χ2v) is 5.09. The van der Waals surface area contributed by atoms with Gasteiger partial charge in [0.2, 0.25) is 0 Å². The summed E-state index contributed by atoms with van der Waals surface area (Å²) in [5, 5.41) is 3.65. The zero-order valence-electron chi connectivity index (χ0n) is 11.9. The van der Waals surface area contributed by atoms with Gasteiger partial charge in [-0.3, -0.25) is 9.78 Å². The van der Waals surface area contributed by atoms with E-state index in [2.05, 4.69) is 15.3 Å². The molecule has 1 atom stereocenters. The maximum atomic E-state index is 12.4. The molecule has 0 aromatic carbocycles. The highest BCUT2D eigenvalue weighted by Crippen LogP contribution is 2.18. The van der Waals surface area contributed by atoms with Crippen LogP contribution in [0.15, 0.2) is 47.8 Å². The third-order valence-corrected chi connectivity index (χ3v) is 3.60. The number of carbonyl (C=O) groups is 1. The number of hydrogen-bond acceptors (Lipinski definition) is 5. The van der Waals surface area contributed by atoms with Crippen molar-refractivity contribution in [1.29, 1.82) is 0 Å². The number of pyridine rings is 2. The summed E-state index contributed by atoms with van der Waals surface area (Å²) in [6, 6.07) is 8.80. The van der Waals surface area contributed by atoms with Crippen molar-refractivity contribution in [1.82, 2.24) is 15.3 Å². The number of amides is 1. The second kappa shape index (κ2) is 7.75. The number of nitrogens with one attached hydrogen (secondary N) is 1. The number of thioether (sulfide) groups is 1. The Kier molecular flexibility index (Phi) is 5.71. The highest BCUT2D eigenvalue weighted by atomic mass is 32.2. The molecule has 1 amide bonds. The van der Waals surface area contributed by atoms with Crippen LogP contribution in [0.25, 0.3) is 0 Å². The summed E-state index contributed by atoms with van der Waals surface area (Å²) < 4.78 is 5.18. The first-order chi connectivity index (χ1) is 10.3. The molecule has 0 aliphatic carbocycles. The third-order valence-electron chi connectivity index (χ3n) is 2.89. The zero-order chi connectivity index (χ0) is 15.1. The summed E-state index contributed by atoms with van der Waals surface area (Å²) in [4.78, 5) is 20.9. The first kappa shape index (κ1) is 15.5. The number of methoxy groups -OCH3 is 1. The lowest BCUT2D eigenvalue weighted by molar-refractivity contribution is 0.0890. The van der Waals surface area contributed by atoms with E-state index < -0.39 is 0 Å². The van der Waals surface area contributed by atoms with Crippen LogP contribution < -0.4 is 5.32 Å². The van der Waals surface area contributed by atoms with Crippen LogP contribution in [0, 0.1) is 0 Å². The minimum absolute atomic E-state index is 0.180. The number of nitrogens with zero attached hydrogens (tertiary/aromatic N) is 2. The zero-order valence-corrected chi connectivity index (χ0v) is 12.8. The average molecular weight is 303 g/mol. The van der Waals surface area contributed by atoms with Crippen molar-refractivity contribution in [3.05, 3.63) is 54.0 Å². The molecule has 0 spiro atoms. The van der Waals surface area contributed by atoms with Crippen molar-refractivity contribution in [3.63, 3.8) is 0 Å². The van der Waals surface area contributed by atoms with Crippen molar-refractivity contribution in [2.24, 2.45) is 0 Å². The molecule has 0 radical (unpaired) electrons. The van der Waals surface area contributed by atoms with Gasteiger partial charge in [-0.1, -0.05) is 6.07 Å². The van der Waals surface area contributed by atoms with E-state index in [1.165, 1.54) is 11.8 Å². The van der Waals surface area contributed by atoms with Crippen molar-refractivity contribution in [3.8, 4) is 0 Å². The summed E-state index contributed by atoms with van der Waals surface area (Å²) in [6.07, 6.45) is 5.26. The standard InChI is InChI=1S/C15H17N3O2S/c1-20-10-13(12-7-3-4-8-16-12)18-14(19)11-6-5-9-17-15(11)21-2/h3-9,13H,10H2,1-2H3,(H,18,19)/t13-/m1/s1. The van der Waals surface area contributed by atoms with Gasteiger partial charge in [-0.15, -0.1) is 11.8 Å². The fourth-order valence-corrected chi connectivity index (χ4v) is 2.46. The van der Waals surface area contributed by atoms with Gasteiger partial charge in [0.1, 0.15) is 5.03 Å². The van der Waals surface area contributed by atoms with Gasteiger partial charge >= 0.3 is 0 Å². The van der Waals surface area contributed by atoms with Crippen LogP contribution in [0.2, 0.25) is 0 Å². The molecule has 6 heteroatoms. The van der Waals surface area contributed by atoms with E-state index in [0.717, 1.165) is 5.69 Å². The van der Waals surface area contributed by atoms with E-state index in [4.69, 9.17) is 4.74 Å². The second-order valence-electron chi connectivity index (χ2n) is 4.30. The average Bonchev–Trinajstić information content (AvgIpc) is 2.55. The Morgan fingerprint density at radius 2 is 2.10 bits per heavy atom. The molecule has 0 fully saturated rings. The largest absolute Gasteiger partial charge is 0.382 e. The Balaban J connectivity index is 2.19. The molecule has 2 aromatic rings. The fourth-order valence-electron chi connectivity index (χ4n) is 1.91. The van der Waals surface area contributed by atoms with E-state index >= 15 is 0 Å². The maximum absolute atomic E-state index is 12.4. The Morgan fingerprint density at radius 3 is 2.76 bits per heavy atom. The molecule has 2 rings (SSSR count). The van der Waals surface area contributed by atoms with E-state index in [9.17, 15) is 4.79 Å². The van der Waals surface area contributed by atoms with Gasteiger partial charge in [0.05, 0.1) is 23.9 Å². The molecule has 0 unspecified atom stereocenters. The van der Waals surface area contributed by atoms with E-state index in [1.807, 2.05) is 24.5 Å². The van der Waals surface area contributed by atoms with Crippen molar-refractivity contribution in [2.75, 3.05) is 20.0 Å². The lowest BCUT2D eigenvalue weighted by Crippen LogP contribution is -2.32. The maximum Gasteiger partial charge on any atom is 0.254 e. The highest BCUT2D eigenvalue weighted by Gasteiger charge is 2.18. The van der Waals surface area contributed by atoms with E-state index in [0.29, 0.717) is 17.2 Å². The summed E-state index contributed by atoms with van der Waals surface area (Å²) in [6.45, 7) is 0.359. The highest BCUT2D eigenvalue weighted by molar-refractivity contribution is 7.98. The molecular formula is C15H17N3O2S. The predicted octanol–water partition coefficient (Wildman–Crippen LogP) is 2.32. The van der Waals surface area contributed by atoms with Crippen molar-refractivity contribution >= 4 is 17.7 Å². The van der Waals surface area contributed by atoms with Crippen LogP contribution >= 0.6 is 11.8 Å². The van der Waals surface area contributed by atoms with Crippen LogP contribution in [-0.2, 0) is 4.74 Å². The monoisotopic (exact) mass is 303 g/mol. The number of rotatable bonds is 6. The minimum Gasteiger partial charge on any atom is -0.382 e. The number of aromatic nitrogens is 2. The molecule has 2 aromatic heterocycles. The quantitative estimate of drug-likeness (QED) is 0.830. The van der Waals surface area contributed by atoms with Gasteiger partial charge in [0.25, 0.3) is 5.91 Å². The lowest BCUT2D eigenvalue weighted by Gasteiger charge is -2.18. The van der Waals surface area contributed by atoms with Gasteiger partial charge < -0.3 is 10.1 Å². The molecule has 0 aliphatic heterocycles. The SMILES string of the molecule is COC[C@@H](NC(=O)c1cccnc1SC)c1ccccn1. The van der Waals surface area contributed by atoms with Gasteiger partial charge in [-0.25, -0.2) is 4.98 Å². The smallest absolute Gasteiger partial charge is 0.254 e. The molecule has 110 valence electrons. The van der Waals surface area contributed by atoms with Crippen LogP contribution in [0.4, 0.5) is 0 Å². The summed E-state index contributed by atoms with van der Waals surface area (Å²) >= 11 is 1.44. The predicted molar refractivity (Wildman–Crippen MR) is 82.3 cm³/mol. The van der Waals surface area contributed by atoms with Crippen LogP contribution in [0.1, 0.15) is 22.1 Å². The van der Waals surface area contributed by atoms with Gasteiger partial charge in [-0.05, 0) is 30.5 Å². The Morgan fingerprint density at radius 1 is 1.29 bits per heavy atom. The van der Waals surface area contributed by atoms with Gasteiger partial charge in [0.15, 0.2) is 0 Å². The molecule has 1 N–H and O–H groups in total. The first-order valence-corrected chi connectivity index (χ1v) is 7.68. The van der Waals surface area contributed by atoms with Crippen molar-refractivity contribution < 1.29 is 9.53 Å². The number of carbonyl (C=O) groups excluding carboxylic acids is 1. The van der Waals surface area contributed by atoms with E-state index in [1.54, 1.807) is 31.6 Å². The summed E-state index contributed by atoms with van der Waals surface area (Å²) in [5.74, 6) is -0.180. The molecule has 5 nitrogen and oxygen atoms in total. The molecular weight excluding hydrogens is 286 g/mol. The van der Waals surface area contributed by atoms with Gasteiger partial charge in [-0.2, -0.15) is 0 Å². The minimum atomic E-state index is -0.293. The summed E-state index contributed by atoms with van der Waals surface area (Å²) in [7, 11) is 1.60. The molecule has 21 heavy (non-hydrogen) atoms. The van der Waals surface area contributed by atoms with Crippen LogP contribution in [0.5, 0.6) is 0 Å². The molecule has 0 aliphatic rings. The first-order valence-electron chi connectivity index (χ1n) is 6.46. The fraction of sp³-hybridized carbons (Fsp3) is 0.267. The van der Waals surface area contributed by atoms with Crippen molar-refractivity contribution in [2.45, 2.75) is 11.1 Å². The topological polar surface area (TPSA) is 64.1 Å². The third kappa shape index (κ3) is 4.03. The van der Waals surface area contributed by atoms with Crippen LogP contribution in [0.3, 0.4) is 0 Å². The Hall–Kier alpha value is -1.92. The number of ether oxygens (including phenoxy) is 1. The van der Waals surface area contributed by atoms with Gasteiger partial charge in [0, 0.05) is 19.5 Å². The number of hydrogen-bond donors (Lipinski definition) is 1. The van der Waals surface area contributed by atoms with Crippen LogP contribution in [-0.4, -0.2) is 35.8 Å². The molecule has 0 saturated carbocycles. The summed E-state index contributed by atoms with van der Waals surface area (Å²) in [5.41, 5.74) is 1.32. The normalized spacial score (nSPS) is 11.9. The Labute approximate surface area is 128 Å². The Bertz CT molecular complexity index is 592.